The molecule has 11 heteroatoms. The lowest BCUT2D eigenvalue weighted by atomic mass is 9.48. The topological polar surface area (TPSA) is 87.5 Å². The molecule has 3 aromatic rings. The van der Waals surface area contributed by atoms with Crippen LogP contribution in [0.5, 0.6) is 0 Å². The molecule has 7 nitrogen and oxygen atoms in total. The minimum Gasteiger partial charge on any atom is -0.378 e. The molecule has 1 unspecified atom stereocenters. The molecule has 0 spiro atoms. The molecular formula is C27H24B3FN4O3. The Labute approximate surface area is 225 Å². The molecule has 2 N–H and O–H groups in total. The van der Waals surface area contributed by atoms with Gasteiger partial charge in [0.1, 0.15) is 17.5 Å². The number of fused-ring (bicyclic) bond motifs is 1. The Morgan fingerprint density at radius 1 is 1.18 bits per heavy atom. The van der Waals surface area contributed by atoms with E-state index in [1.54, 1.807) is 50.4 Å². The summed E-state index contributed by atoms with van der Waals surface area (Å²) in [6, 6.07) is 9.62. The summed E-state index contributed by atoms with van der Waals surface area (Å²) in [6.07, 6.45) is 4.21. The number of rotatable bonds is 4. The van der Waals surface area contributed by atoms with Crippen molar-refractivity contribution >= 4 is 41.2 Å². The predicted molar refractivity (Wildman–Crippen MR) is 145 cm³/mol. The Bertz CT molecular complexity index is 1420. The number of nitrogens with one attached hydrogen (secondary N) is 1. The summed E-state index contributed by atoms with van der Waals surface area (Å²) in [5.41, 5.74) is 2.04. The number of nitrogens with zero attached hydrogens (tertiary/aromatic N) is 3. The van der Waals surface area contributed by atoms with Crippen molar-refractivity contribution < 1.29 is 19.1 Å². The zero-order valence-electron chi connectivity index (χ0n) is 21.1. The minimum atomic E-state index is -2.06. The van der Waals surface area contributed by atoms with Crippen LogP contribution in [-0.4, -0.2) is 67.2 Å². The van der Waals surface area contributed by atoms with E-state index in [0.717, 1.165) is 26.3 Å². The summed E-state index contributed by atoms with van der Waals surface area (Å²) in [7, 11) is 18.0. The molecule has 2 heterocycles. The third-order valence-corrected chi connectivity index (χ3v) is 5.91. The smallest absolute Gasteiger partial charge is 0.342 e. The van der Waals surface area contributed by atoms with E-state index in [0.29, 0.717) is 24.1 Å². The molecule has 0 saturated carbocycles. The summed E-state index contributed by atoms with van der Waals surface area (Å²) >= 11 is 0. The summed E-state index contributed by atoms with van der Waals surface area (Å²) < 4.78 is 14.3. The van der Waals surface area contributed by atoms with Gasteiger partial charge in [0, 0.05) is 23.9 Å². The highest BCUT2D eigenvalue weighted by Gasteiger charge is 2.36. The fourth-order valence-electron chi connectivity index (χ4n) is 4.13. The van der Waals surface area contributed by atoms with Crippen LogP contribution in [0.3, 0.4) is 0 Å². The first-order chi connectivity index (χ1) is 17.8. The second kappa shape index (κ2) is 10.5. The van der Waals surface area contributed by atoms with Crippen molar-refractivity contribution in [2.45, 2.75) is 50.0 Å². The van der Waals surface area contributed by atoms with Gasteiger partial charge in [-0.15, -0.1) is 0 Å². The highest BCUT2D eigenvalue weighted by atomic mass is 19.1. The van der Waals surface area contributed by atoms with E-state index in [9.17, 15) is 19.1 Å². The molecule has 1 aliphatic heterocycles. The maximum absolute atomic E-state index is 13.6. The van der Waals surface area contributed by atoms with Crippen LogP contribution >= 0.6 is 0 Å². The molecule has 38 heavy (non-hydrogen) atoms. The van der Waals surface area contributed by atoms with Crippen molar-refractivity contribution in [1.29, 1.82) is 0 Å². The number of aryl methyl sites for hydroxylation is 1. The van der Waals surface area contributed by atoms with E-state index in [1.165, 1.54) is 18.3 Å². The standard InChI is InChI=1S/C27H24B3FN4O3/c1-26(2,38)12-11-18-3-6-20-7-10-22(24(36)35(23(20)14-18)27(28,29)30)33-25(37)34-16-19(15-32-34)13-17-4-8-21(31)9-5-17/h3-6,8-9,14-16,22,38H,7,10,13H2,1-2H3,(H,33,37). The Kier molecular flexibility index (Phi) is 7.57. The number of aliphatic hydroxyl groups is 1. The highest BCUT2D eigenvalue weighted by molar-refractivity contribution is 6.62. The lowest BCUT2D eigenvalue weighted by Crippen LogP contribution is -2.59. The molecule has 6 radical (unpaired) electrons. The first-order valence-electron chi connectivity index (χ1n) is 12.0. The number of aromatic nitrogens is 2. The molecule has 1 aromatic heterocycles. The van der Waals surface area contributed by atoms with Crippen LogP contribution < -0.4 is 10.2 Å². The van der Waals surface area contributed by atoms with Gasteiger partial charge in [0.25, 0.3) is 0 Å². The SMILES string of the molecule is [B]C([B])([B])N1C(=O)C(NC(=O)n2cc(Cc3ccc(F)cc3)cn2)CCc2ccc(C#CC(C)(C)O)cc21. The van der Waals surface area contributed by atoms with Gasteiger partial charge >= 0.3 is 6.03 Å². The van der Waals surface area contributed by atoms with Crippen LogP contribution in [0, 0.1) is 17.7 Å². The quantitative estimate of drug-likeness (QED) is 0.419. The molecule has 0 fully saturated rings. The van der Waals surface area contributed by atoms with E-state index in [2.05, 4.69) is 22.3 Å². The van der Waals surface area contributed by atoms with Gasteiger partial charge in [-0.25, -0.2) is 9.18 Å². The lowest BCUT2D eigenvalue weighted by Gasteiger charge is -2.39. The Morgan fingerprint density at radius 3 is 2.55 bits per heavy atom. The van der Waals surface area contributed by atoms with Crippen molar-refractivity contribution in [3.8, 4) is 11.8 Å². The van der Waals surface area contributed by atoms with Crippen LogP contribution in [0.25, 0.3) is 0 Å². The molecule has 2 amide bonds. The van der Waals surface area contributed by atoms with Crippen LogP contribution in [0.1, 0.15) is 42.5 Å². The number of hydrogen-bond donors (Lipinski definition) is 2. The average molecular weight is 504 g/mol. The summed E-state index contributed by atoms with van der Waals surface area (Å²) in [6.45, 7) is 3.12. The largest absolute Gasteiger partial charge is 0.378 e. The molecule has 186 valence electrons. The zero-order valence-corrected chi connectivity index (χ0v) is 21.1. The van der Waals surface area contributed by atoms with E-state index in [1.807, 2.05) is 0 Å². The normalized spacial score (nSPS) is 15.7. The first-order valence-corrected chi connectivity index (χ1v) is 12.0. The summed E-state index contributed by atoms with van der Waals surface area (Å²) in [4.78, 5) is 27.6. The molecule has 1 atom stereocenters. The Morgan fingerprint density at radius 2 is 1.89 bits per heavy atom. The number of benzene rings is 2. The molecule has 0 bridgehead atoms. The van der Waals surface area contributed by atoms with Crippen molar-refractivity contribution in [2.24, 2.45) is 0 Å². The van der Waals surface area contributed by atoms with Crippen LogP contribution in [-0.2, 0) is 17.6 Å². The third-order valence-electron chi connectivity index (χ3n) is 5.91. The monoisotopic (exact) mass is 504 g/mol. The van der Waals surface area contributed by atoms with Gasteiger partial charge in [-0.05, 0) is 67.6 Å². The van der Waals surface area contributed by atoms with Crippen LogP contribution in [0.2, 0.25) is 0 Å². The van der Waals surface area contributed by atoms with Crippen molar-refractivity contribution in [3.05, 3.63) is 82.9 Å². The molecule has 2 aromatic carbocycles. The molecule has 0 saturated heterocycles. The Hall–Kier alpha value is -3.77. The number of halogens is 1. The zero-order chi connectivity index (χ0) is 27.7. The molecule has 1 aliphatic rings. The molecular weight excluding hydrogens is 480 g/mol. The van der Waals surface area contributed by atoms with E-state index < -0.39 is 28.8 Å². The van der Waals surface area contributed by atoms with Gasteiger partial charge < -0.3 is 15.3 Å². The van der Waals surface area contributed by atoms with Gasteiger partial charge in [-0.2, -0.15) is 9.78 Å². The first kappa shape index (κ1) is 27.3. The van der Waals surface area contributed by atoms with Gasteiger partial charge in [-0.3, -0.25) is 4.79 Å². The van der Waals surface area contributed by atoms with E-state index >= 15 is 0 Å². The van der Waals surface area contributed by atoms with Crippen molar-refractivity contribution in [1.82, 2.24) is 15.1 Å². The van der Waals surface area contributed by atoms with Gasteiger partial charge in [0.15, 0.2) is 0 Å². The number of carbonyl (C=O) groups is 2. The van der Waals surface area contributed by atoms with Crippen LogP contribution in [0.15, 0.2) is 54.9 Å². The molecule has 0 aliphatic carbocycles. The van der Waals surface area contributed by atoms with Crippen molar-refractivity contribution in [3.63, 3.8) is 0 Å². The summed E-state index contributed by atoms with van der Waals surface area (Å²) in [5, 5.41) is 14.7. The highest BCUT2D eigenvalue weighted by Crippen LogP contribution is 2.31. The van der Waals surface area contributed by atoms with Crippen molar-refractivity contribution in [2.75, 3.05) is 4.90 Å². The second-order valence-electron chi connectivity index (χ2n) is 9.85. The molecule has 4 rings (SSSR count). The number of hydrogen-bond acceptors (Lipinski definition) is 4. The second-order valence-corrected chi connectivity index (χ2v) is 9.85. The lowest BCUT2D eigenvalue weighted by molar-refractivity contribution is -0.120. The predicted octanol–water partition coefficient (Wildman–Crippen LogP) is 1.76. The number of anilines is 1. The maximum atomic E-state index is 13.6. The minimum absolute atomic E-state index is 0.266. The fraction of sp³-hybridized carbons (Fsp3) is 0.296. The van der Waals surface area contributed by atoms with E-state index in [4.69, 9.17) is 23.5 Å². The summed E-state index contributed by atoms with van der Waals surface area (Å²) in [5.74, 6) is 4.67. The van der Waals surface area contributed by atoms with Gasteiger partial charge in [-0.1, -0.05) is 35.3 Å². The number of amides is 2. The Balaban J connectivity index is 1.55. The number of carbonyl (C=O) groups excluding carboxylic acids is 2. The van der Waals surface area contributed by atoms with Gasteiger partial charge in [0.2, 0.25) is 5.91 Å². The van der Waals surface area contributed by atoms with Gasteiger partial charge in [0.05, 0.1) is 29.7 Å². The third kappa shape index (κ3) is 6.56. The maximum Gasteiger partial charge on any atom is 0.342 e. The van der Waals surface area contributed by atoms with E-state index in [-0.39, 0.29) is 12.2 Å². The fourth-order valence-corrected chi connectivity index (χ4v) is 4.13. The van der Waals surface area contributed by atoms with Crippen LogP contribution in [0.4, 0.5) is 14.9 Å². The average Bonchev–Trinajstić information content (AvgIpc) is 3.24.